The molecule has 8 nitrogen and oxygen atoms in total. The van der Waals surface area contributed by atoms with Crippen molar-refractivity contribution < 1.29 is 19.0 Å². The standard InChI is InChI=1S/C35H27N3O5S2/c1-3-42-34(40)30-31(23-10-5-4-6-11-23)37-35-38(32(30)28-14-9-17-44-28)33(39)29(45-35)19-22-15-16-26(27(18-22)41-2)43-21-25-13-8-7-12-24(25)20-36/h4-19,32H,3,21H2,1-2H3. The van der Waals surface area contributed by atoms with Crippen molar-refractivity contribution in [2.45, 2.75) is 19.6 Å². The molecule has 10 heteroatoms. The Balaban J connectivity index is 1.44. The van der Waals surface area contributed by atoms with Crippen LogP contribution >= 0.6 is 22.7 Å². The molecule has 0 spiro atoms. The highest BCUT2D eigenvalue weighted by Gasteiger charge is 2.35. The molecule has 1 unspecified atom stereocenters. The first-order valence-corrected chi connectivity index (χ1v) is 15.8. The van der Waals surface area contributed by atoms with Crippen LogP contribution in [0.15, 0.2) is 106 Å². The summed E-state index contributed by atoms with van der Waals surface area (Å²) in [5.41, 5.74) is 3.35. The molecule has 0 N–H and O–H groups in total. The molecule has 1 aliphatic heterocycles. The maximum Gasteiger partial charge on any atom is 0.338 e. The Morgan fingerprint density at radius 1 is 1.04 bits per heavy atom. The third-order valence-electron chi connectivity index (χ3n) is 7.19. The number of nitriles is 1. The first kappa shape index (κ1) is 29.8. The zero-order valence-electron chi connectivity index (χ0n) is 24.4. The van der Waals surface area contributed by atoms with E-state index in [4.69, 9.17) is 19.2 Å². The van der Waals surface area contributed by atoms with Crippen molar-refractivity contribution >= 4 is 40.4 Å². The molecule has 5 aromatic rings. The fourth-order valence-electron chi connectivity index (χ4n) is 5.11. The Morgan fingerprint density at radius 2 is 1.84 bits per heavy atom. The predicted octanol–water partition coefficient (Wildman–Crippen LogP) is 5.46. The van der Waals surface area contributed by atoms with E-state index in [9.17, 15) is 14.9 Å². The molecule has 0 saturated carbocycles. The van der Waals surface area contributed by atoms with Crippen molar-refractivity contribution in [3.05, 3.63) is 143 Å². The summed E-state index contributed by atoms with van der Waals surface area (Å²) in [6, 6.07) is 27.4. The summed E-state index contributed by atoms with van der Waals surface area (Å²) in [7, 11) is 1.55. The number of rotatable bonds is 9. The average molecular weight is 634 g/mol. The largest absolute Gasteiger partial charge is 0.493 e. The molecule has 0 saturated heterocycles. The van der Waals surface area contributed by atoms with Crippen LogP contribution in [-0.4, -0.2) is 24.3 Å². The third-order valence-corrected chi connectivity index (χ3v) is 9.10. The molecule has 1 atom stereocenters. The van der Waals surface area contributed by atoms with Gasteiger partial charge in [-0.1, -0.05) is 72.0 Å². The number of nitrogens with zero attached hydrogens (tertiary/aromatic N) is 3. The summed E-state index contributed by atoms with van der Waals surface area (Å²) in [5, 5.41) is 11.3. The van der Waals surface area contributed by atoms with Gasteiger partial charge in [-0.05, 0) is 48.2 Å². The summed E-state index contributed by atoms with van der Waals surface area (Å²) in [4.78, 5) is 33.7. The number of aromatic nitrogens is 1. The Kier molecular flexibility index (Phi) is 8.73. The highest BCUT2D eigenvalue weighted by Crippen LogP contribution is 2.37. The van der Waals surface area contributed by atoms with Gasteiger partial charge in [0.05, 0.1) is 41.2 Å². The Hall–Kier alpha value is -5.24. The molecule has 2 aromatic heterocycles. The quantitative estimate of drug-likeness (QED) is 0.200. The lowest BCUT2D eigenvalue weighted by molar-refractivity contribution is -0.138. The van der Waals surface area contributed by atoms with Gasteiger partial charge in [0.25, 0.3) is 5.56 Å². The summed E-state index contributed by atoms with van der Waals surface area (Å²) < 4.78 is 19.1. The number of esters is 1. The van der Waals surface area contributed by atoms with E-state index in [0.717, 1.165) is 21.6 Å². The number of carbonyl (C=O) groups is 1. The first-order chi connectivity index (χ1) is 22.0. The van der Waals surface area contributed by atoms with Crippen LogP contribution in [0, 0.1) is 11.3 Å². The number of thiazole rings is 1. The number of thiophene rings is 1. The van der Waals surface area contributed by atoms with Crippen LogP contribution in [0.25, 0.3) is 11.8 Å². The highest BCUT2D eigenvalue weighted by molar-refractivity contribution is 7.10. The average Bonchev–Trinajstić information content (AvgIpc) is 3.72. The summed E-state index contributed by atoms with van der Waals surface area (Å²) in [5.74, 6) is 0.483. The molecule has 3 aromatic carbocycles. The minimum absolute atomic E-state index is 0.193. The zero-order chi connectivity index (χ0) is 31.3. The number of methoxy groups -OCH3 is 1. The Morgan fingerprint density at radius 3 is 2.58 bits per heavy atom. The lowest BCUT2D eigenvalue weighted by Crippen LogP contribution is -2.39. The van der Waals surface area contributed by atoms with E-state index in [0.29, 0.717) is 37.7 Å². The van der Waals surface area contributed by atoms with Gasteiger partial charge in [0.2, 0.25) is 0 Å². The first-order valence-electron chi connectivity index (χ1n) is 14.1. The molecule has 3 heterocycles. The predicted molar refractivity (Wildman–Crippen MR) is 174 cm³/mol. The number of benzene rings is 3. The molecule has 45 heavy (non-hydrogen) atoms. The molecular formula is C35H27N3O5S2. The molecule has 224 valence electrons. The van der Waals surface area contributed by atoms with Gasteiger partial charge in [-0.15, -0.1) is 11.3 Å². The van der Waals surface area contributed by atoms with Crippen LogP contribution in [0.3, 0.4) is 0 Å². The van der Waals surface area contributed by atoms with Gasteiger partial charge in [-0.2, -0.15) is 5.26 Å². The second-order valence-corrected chi connectivity index (χ2v) is 11.9. The topological polar surface area (TPSA) is 103 Å². The molecule has 0 bridgehead atoms. The van der Waals surface area contributed by atoms with Crippen molar-refractivity contribution in [2.75, 3.05) is 13.7 Å². The minimum atomic E-state index is -0.695. The number of fused-ring (bicyclic) bond motifs is 1. The summed E-state index contributed by atoms with van der Waals surface area (Å²) in [6.45, 7) is 2.15. The van der Waals surface area contributed by atoms with E-state index < -0.39 is 12.0 Å². The van der Waals surface area contributed by atoms with E-state index in [1.807, 2.05) is 72.1 Å². The number of hydrogen-bond donors (Lipinski definition) is 0. The van der Waals surface area contributed by atoms with Crippen LogP contribution in [0.5, 0.6) is 11.5 Å². The second-order valence-electron chi connectivity index (χ2n) is 9.91. The second kappa shape index (κ2) is 13.2. The lowest BCUT2D eigenvalue weighted by Gasteiger charge is -2.24. The van der Waals surface area contributed by atoms with E-state index in [2.05, 4.69) is 6.07 Å². The van der Waals surface area contributed by atoms with E-state index in [1.165, 1.54) is 22.7 Å². The van der Waals surface area contributed by atoms with Crippen molar-refractivity contribution in [3.63, 3.8) is 0 Å². The lowest BCUT2D eigenvalue weighted by atomic mass is 9.97. The highest BCUT2D eigenvalue weighted by atomic mass is 32.1. The number of ether oxygens (including phenoxy) is 3. The number of hydrogen-bond acceptors (Lipinski definition) is 9. The fourth-order valence-corrected chi connectivity index (χ4v) is 6.94. The van der Waals surface area contributed by atoms with Gasteiger partial charge in [0.1, 0.15) is 12.6 Å². The zero-order valence-corrected chi connectivity index (χ0v) is 26.1. The molecule has 0 radical (unpaired) electrons. The maximum absolute atomic E-state index is 14.1. The van der Waals surface area contributed by atoms with Crippen molar-refractivity contribution in [3.8, 4) is 17.6 Å². The van der Waals surface area contributed by atoms with E-state index in [1.54, 1.807) is 42.9 Å². The van der Waals surface area contributed by atoms with Crippen LogP contribution in [0.2, 0.25) is 0 Å². The molecule has 0 fully saturated rings. The normalized spacial score (nSPS) is 14.3. The maximum atomic E-state index is 14.1. The molecule has 0 amide bonds. The SMILES string of the molecule is CCOC(=O)C1=C(c2ccccc2)N=c2sc(=Cc3ccc(OCc4ccccc4C#N)c(OC)c3)c(=O)n2C1c1cccs1. The van der Waals surface area contributed by atoms with Gasteiger partial charge < -0.3 is 14.2 Å². The van der Waals surface area contributed by atoms with Gasteiger partial charge in [0.15, 0.2) is 16.3 Å². The van der Waals surface area contributed by atoms with Crippen molar-refractivity contribution in [2.24, 2.45) is 4.99 Å². The molecule has 1 aliphatic rings. The minimum Gasteiger partial charge on any atom is -0.493 e. The van der Waals surface area contributed by atoms with E-state index in [-0.39, 0.29) is 18.8 Å². The van der Waals surface area contributed by atoms with Crippen LogP contribution in [-0.2, 0) is 16.1 Å². The van der Waals surface area contributed by atoms with Gasteiger partial charge in [-0.3, -0.25) is 9.36 Å². The number of carbonyl (C=O) groups excluding carboxylic acids is 1. The molecule has 6 rings (SSSR count). The third kappa shape index (κ3) is 5.96. The van der Waals surface area contributed by atoms with E-state index >= 15 is 0 Å². The monoisotopic (exact) mass is 633 g/mol. The Bertz CT molecular complexity index is 2120. The van der Waals surface area contributed by atoms with Gasteiger partial charge >= 0.3 is 5.97 Å². The van der Waals surface area contributed by atoms with Gasteiger partial charge in [0, 0.05) is 16.0 Å². The van der Waals surface area contributed by atoms with Crippen LogP contribution < -0.4 is 24.4 Å². The summed E-state index contributed by atoms with van der Waals surface area (Å²) >= 11 is 2.72. The van der Waals surface area contributed by atoms with Gasteiger partial charge in [-0.25, -0.2) is 9.79 Å². The molecular weight excluding hydrogens is 607 g/mol. The van der Waals surface area contributed by atoms with Crippen molar-refractivity contribution in [1.82, 2.24) is 4.57 Å². The molecule has 0 aliphatic carbocycles. The van der Waals surface area contributed by atoms with Crippen molar-refractivity contribution in [1.29, 1.82) is 5.26 Å². The smallest absolute Gasteiger partial charge is 0.338 e. The summed E-state index contributed by atoms with van der Waals surface area (Å²) in [6.07, 6.45) is 1.78. The van der Waals surface area contributed by atoms with Crippen LogP contribution in [0.1, 0.15) is 40.1 Å². The fraction of sp³-hybridized carbons (Fsp3) is 0.143. The Labute approximate surface area is 267 Å². The van der Waals surface area contributed by atoms with Crippen LogP contribution in [0.4, 0.5) is 0 Å².